The van der Waals surface area contributed by atoms with E-state index in [1.807, 2.05) is 0 Å². The second kappa shape index (κ2) is 7.14. The fourth-order valence-electron chi connectivity index (χ4n) is 1.66. The molecule has 0 heterocycles. The van der Waals surface area contributed by atoms with Gasteiger partial charge < -0.3 is 10.4 Å². The molecule has 0 bridgehead atoms. The van der Waals surface area contributed by atoms with Crippen LogP contribution >= 0.6 is 23.2 Å². The van der Waals surface area contributed by atoms with Crippen molar-refractivity contribution < 1.29 is 9.90 Å². The Balaban J connectivity index is 2.14. The van der Waals surface area contributed by atoms with Crippen LogP contribution in [0, 0.1) is 11.8 Å². The van der Waals surface area contributed by atoms with E-state index in [1.165, 1.54) is 0 Å². The second-order valence-electron chi connectivity index (χ2n) is 4.09. The highest BCUT2D eigenvalue weighted by molar-refractivity contribution is 6.44. The molecule has 3 nitrogen and oxygen atoms in total. The Morgan fingerprint density at radius 3 is 2.52 bits per heavy atom. The standard InChI is InChI=1S/C16H11Cl2NO2/c17-14-5-1-4-13(15(14)18)16(21)19-12-8-6-11(7-9-12)3-2-10-20/h1,4-9,20H,10H2,(H,19,21). The molecule has 0 fully saturated rings. The lowest BCUT2D eigenvalue weighted by molar-refractivity contribution is 0.102. The first-order valence-electron chi connectivity index (χ1n) is 6.07. The van der Waals surface area contributed by atoms with E-state index in [4.69, 9.17) is 28.3 Å². The molecule has 0 aromatic heterocycles. The van der Waals surface area contributed by atoms with E-state index >= 15 is 0 Å². The molecule has 0 saturated carbocycles. The summed E-state index contributed by atoms with van der Waals surface area (Å²) in [5.74, 6) is 4.99. The minimum atomic E-state index is -0.336. The normalized spacial score (nSPS) is 9.67. The van der Waals surface area contributed by atoms with Gasteiger partial charge in [-0.1, -0.05) is 41.1 Å². The smallest absolute Gasteiger partial charge is 0.257 e. The number of hydrogen-bond acceptors (Lipinski definition) is 2. The van der Waals surface area contributed by atoms with Crippen LogP contribution in [0.25, 0.3) is 0 Å². The number of aliphatic hydroxyl groups is 1. The van der Waals surface area contributed by atoms with E-state index in [1.54, 1.807) is 42.5 Å². The summed E-state index contributed by atoms with van der Waals surface area (Å²) in [5.41, 5.74) is 1.68. The molecule has 2 N–H and O–H groups in total. The van der Waals surface area contributed by atoms with Gasteiger partial charge in [-0.05, 0) is 36.4 Å². The molecule has 0 spiro atoms. The molecule has 2 aromatic rings. The molecule has 2 rings (SSSR count). The minimum Gasteiger partial charge on any atom is -0.384 e. The van der Waals surface area contributed by atoms with Crippen molar-refractivity contribution in [2.75, 3.05) is 11.9 Å². The van der Waals surface area contributed by atoms with E-state index < -0.39 is 0 Å². The Bertz CT molecular complexity index is 715. The second-order valence-corrected chi connectivity index (χ2v) is 4.88. The predicted octanol–water partition coefficient (Wildman–Crippen LogP) is 3.59. The van der Waals surface area contributed by atoms with Crippen LogP contribution in [-0.4, -0.2) is 17.6 Å². The molecule has 106 valence electrons. The molecular weight excluding hydrogens is 309 g/mol. The average molecular weight is 320 g/mol. The molecule has 0 aliphatic heterocycles. The predicted molar refractivity (Wildman–Crippen MR) is 84.8 cm³/mol. The fraction of sp³-hybridized carbons (Fsp3) is 0.0625. The van der Waals surface area contributed by atoms with Crippen LogP contribution in [0.2, 0.25) is 10.0 Å². The van der Waals surface area contributed by atoms with Crippen LogP contribution < -0.4 is 5.32 Å². The Hall–Kier alpha value is -1.99. The highest BCUT2D eigenvalue weighted by Gasteiger charge is 2.12. The minimum absolute atomic E-state index is 0.189. The van der Waals surface area contributed by atoms with Crippen molar-refractivity contribution in [1.29, 1.82) is 0 Å². The van der Waals surface area contributed by atoms with Crippen LogP contribution in [0.3, 0.4) is 0 Å². The van der Waals surface area contributed by atoms with E-state index in [2.05, 4.69) is 17.2 Å². The zero-order chi connectivity index (χ0) is 15.2. The van der Waals surface area contributed by atoms with Crippen LogP contribution in [-0.2, 0) is 0 Å². The third-order valence-corrected chi connectivity index (χ3v) is 3.47. The van der Waals surface area contributed by atoms with Gasteiger partial charge in [0.05, 0.1) is 15.6 Å². The monoisotopic (exact) mass is 319 g/mol. The third-order valence-electron chi connectivity index (χ3n) is 2.65. The lowest BCUT2D eigenvalue weighted by atomic mass is 10.2. The molecular formula is C16H11Cl2NO2. The topological polar surface area (TPSA) is 49.3 Å². The molecule has 0 radical (unpaired) electrons. The molecule has 0 saturated heterocycles. The summed E-state index contributed by atoms with van der Waals surface area (Å²) in [6, 6.07) is 11.8. The SMILES string of the molecule is O=C(Nc1ccc(C#CCO)cc1)c1cccc(Cl)c1Cl. The number of hydrogen-bond donors (Lipinski definition) is 2. The number of benzene rings is 2. The maximum atomic E-state index is 12.1. The Labute approximate surface area is 132 Å². The number of carbonyl (C=O) groups excluding carboxylic acids is 1. The molecule has 0 aliphatic carbocycles. The van der Waals surface area contributed by atoms with Gasteiger partial charge in [0.15, 0.2) is 0 Å². The van der Waals surface area contributed by atoms with Gasteiger partial charge in [0.25, 0.3) is 5.91 Å². The van der Waals surface area contributed by atoms with Gasteiger partial charge in [-0.3, -0.25) is 4.79 Å². The van der Waals surface area contributed by atoms with Crippen LogP contribution in [0.5, 0.6) is 0 Å². The van der Waals surface area contributed by atoms with Gasteiger partial charge in [-0.25, -0.2) is 0 Å². The van der Waals surface area contributed by atoms with Crippen molar-refractivity contribution in [3.63, 3.8) is 0 Å². The van der Waals surface area contributed by atoms with Crippen molar-refractivity contribution in [3.05, 3.63) is 63.6 Å². The highest BCUT2D eigenvalue weighted by atomic mass is 35.5. The van der Waals surface area contributed by atoms with Crippen molar-refractivity contribution in [3.8, 4) is 11.8 Å². The van der Waals surface area contributed by atoms with Crippen LogP contribution in [0.4, 0.5) is 5.69 Å². The number of amides is 1. The number of halogens is 2. The number of aliphatic hydroxyl groups excluding tert-OH is 1. The van der Waals surface area contributed by atoms with Gasteiger partial charge >= 0.3 is 0 Å². The van der Waals surface area contributed by atoms with Crippen LogP contribution in [0.15, 0.2) is 42.5 Å². The summed E-state index contributed by atoms with van der Waals surface area (Å²) in [7, 11) is 0. The summed E-state index contributed by atoms with van der Waals surface area (Å²) in [6.45, 7) is -0.189. The van der Waals surface area contributed by atoms with E-state index in [0.29, 0.717) is 16.3 Å². The molecule has 21 heavy (non-hydrogen) atoms. The van der Waals surface area contributed by atoms with Gasteiger partial charge in [0.1, 0.15) is 6.61 Å². The quantitative estimate of drug-likeness (QED) is 0.831. The molecule has 0 unspecified atom stereocenters. The zero-order valence-corrected chi connectivity index (χ0v) is 12.4. The molecule has 2 aromatic carbocycles. The summed E-state index contributed by atoms with van der Waals surface area (Å²) in [6.07, 6.45) is 0. The number of nitrogens with one attached hydrogen (secondary N) is 1. The highest BCUT2D eigenvalue weighted by Crippen LogP contribution is 2.26. The molecule has 5 heteroatoms. The summed E-state index contributed by atoms with van der Waals surface area (Å²) < 4.78 is 0. The Kier molecular flexibility index (Phi) is 5.24. The van der Waals surface area contributed by atoms with Gasteiger partial charge in [0.2, 0.25) is 0 Å². The van der Waals surface area contributed by atoms with Gasteiger partial charge in [-0.2, -0.15) is 0 Å². The van der Waals surface area contributed by atoms with Crippen molar-refractivity contribution in [1.82, 2.24) is 0 Å². The summed E-state index contributed by atoms with van der Waals surface area (Å²) in [5, 5.41) is 11.9. The van der Waals surface area contributed by atoms with Crippen LogP contribution in [0.1, 0.15) is 15.9 Å². The maximum Gasteiger partial charge on any atom is 0.257 e. The van der Waals surface area contributed by atoms with Gasteiger partial charge in [0, 0.05) is 11.3 Å². The summed E-state index contributed by atoms with van der Waals surface area (Å²) >= 11 is 11.9. The average Bonchev–Trinajstić information content (AvgIpc) is 2.49. The van der Waals surface area contributed by atoms with Crippen molar-refractivity contribution >= 4 is 34.8 Å². The first-order valence-corrected chi connectivity index (χ1v) is 6.82. The lowest BCUT2D eigenvalue weighted by Crippen LogP contribution is -2.12. The largest absolute Gasteiger partial charge is 0.384 e. The van der Waals surface area contributed by atoms with Gasteiger partial charge in [-0.15, -0.1) is 0 Å². The first-order chi connectivity index (χ1) is 10.1. The Morgan fingerprint density at radius 1 is 1.14 bits per heavy atom. The Morgan fingerprint density at radius 2 is 1.86 bits per heavy atom. The number of rotatable bonds is 2. The first kappa shape index (κ1) is 15.4. The number of carbonyl (C=O) groups is 1. The van der Waals surface area contributed by atoms with E-state index in [0.717, 1.165) is 5.56 Å². The maximum absolute atomic E-state index is 12.1. The summed E-state index contributed by atoms with van der Waals surface area (Å²) in [4.78, 5) is 12.1. The molecule has 0 atom stereocenters. The number of anilines is 1. The lowest BCUT2D eigenvalue weighted by Gasteiger charge is -2.07. The fourth-order valence-corrected chi connectivity index (χ4v) is 2.04. The van der Waals surface area contributed by atoms with Crippen molar-refractivity contribution in [2.24, 2.45) is 0 Å². The molecule has 1 amide bonds. The van der Waals surface area contributed by atoms with E-state index in [9.17, 15) is 4.79 Å². The zero-order valence-electron chi connectivity index (χ0n) is 10.9. The van der Waals surface area contributed by atoms with Crippen molar-refractivity contribution in [2.45, 2.75) is 0 Å². The molecule has 0 aliphatic rings. The third kappa shape index (κ3) is 3.99. The van der Waals surface area contributed by atoms with E-state index in [-0.39, 0.29) is 17.5 Å².